The van der Waals surface area contributed by atoms with Gasteiger partial charge >= 0.3 is 0 Å². The van der Waals surface area contributed by atoms with Gasteiger partial charge in [-0.25, -0.2) is 4.98 Å². The van der Waals surface area contributed by atoms with Crippen LogP contribution in [0.25, 0.3) is 0 Å². The lowest BCUT2D eigenvalue weighted by molar-refractivity contribution is 0.383. The maximum absolute atomic E-state index is 9.43. The van der Waals surface area contributed by atoms with E-state index in [0.29, 0.717) is 0 Å². The summed E-state index contributed by atoms with van der Waals surface area (Å²) in [7, 11) is 0. The second kappa shape index (κ2) is 4.55. The Hall–Kier alpha value is -0.880. The summed E-state index contributed by atoms with van der Waals surface area (Å²) in [6, 6.07) is 2.58. The molecule has 2 nitrogen and oxygen atoms in total. The van der Waals surface area contributed by atoms with Gasteiger partial charge < -0.3 is 0 Å². The molecule has 1 aromatic heterocycles. The lowest BCUT2D eigenvalue weighted by atomic mass is 9.83. The van der Waals surface area contributed by atoms with Crippen molar-refractivity contribution in [2.75, 3.05) is 0 Å². The van der Waals surface area contributed by atoms with Gasteiger partial charge in [0.05, 0.1) is 16.5 Å². The van der Waals surface area contributed by atoms with Crippen molar-refractivity contribution in [1.29, 1.82) is 5.26 Å². The van der Waals surface area contributed by atoms with E-state index in [4.69, 9.17) is 0 Å². The summed E-state index contributed by atoms with van der Waals surface area (Å²) in [6.45, 7) is 4.26. The third-order valence-electron chi connectivity index (χ3n) is 3.71. The number of aryl methyl sites for hydroxylation is 1. The lowest BCUT2D eigenvalue weighted by Crippen LogP contribution is -2.17. The van der Waals surface area contributed by atoms with Crippen LogP contribution in [-0.2, 0) is 6.42 Å². The number of thiazole rings is 1. The van der Waals surface area contributed by atoms with E-state index in [-0.39, 0.29) is 5.41 Å². The fourth-order valence-electron chi connectivity index (χ4n) is 2.71. The monoisotopic (exact) mass is 234 g/mol. The maximum Gasteiger partial charge on any atom is 0.0896 e. The van der Waals surface area contributed by atoms with Gasteiger partial charge in [0.1, 0.15) is 0 Å². The Morgan fingerprint density at radius 1 is 1.69 bits per heavy atom. The smallest absolute Gasteiger partial charge is 0.0896 e. The van der Waals surface area contributed by atoms with E-state index in [2.05, 4.69) is 18.0 Å². The van der Waals surface area contributed by atoms with Crippen molar-refractivity contribution in [3.8, 4) is 6.07 Å². The number of aromatic nitrogens is 1. The predicted molar refractivity (Wildman–Crippen MR) is 66.2 cm³/mol. The van der Waals surface area contributed by atoms with Crippen molar-refractivity contribution in [3.05, 3.63) is 16.1 Å². The summed E-state index contributed by atoms with van der Waals surface area (Å²) < 4.78 is 0. The van der Waals surface area contributed by atoms with Crippen molar-refractivity contribution >= 4 is 11.3 Å². The molecule has 0 spiro atoms. The van der Waals surface area contributed by atoms with Crippen LogP contribution in [0.1, 0.15) is 42.5 Å². The van der Waals surface area contributed by atoms with Crippen LogP contribution >= 0.6 is 11.3 Å². The number of hydrogen-bond donors (Lipinski definition) is 0. The van der Waals surface area contributed by atoms with E-state index in [1.807, 2.05) is 13.1 Å². The first kappa shape index (κ1) is 11.6. The highest BCUT2D eigenvalue weighted by Gasteiger charge is 2.39. The van der Waals surface area contributed by atoms with Gasteiger partial charge in [-0.1, -0.05) is 13.3 Å². The topological polar surface area (TPSA) is 36.7 Å². The Morgan fingerprint density at radius 3 is 3.00 bits per heavy atom. The molecule has 1 aromatic rings. The molecule has 1 aliphatic carbocycles. The van der Waals surface area contributed by atoms with Gasteiger partial charge in [-0.15, -0.1) is 11.3 Å². The van der Waals surface area contributed by atoms with Gasteiger partial charge in [-0.2, -0.15) is 5.26 Å². The molecule has 1 fully saturated rings. The van der Waals surface area contributed by atoms with Crippen LogP contribution in [0.4, 0.5) is 0 Å². The number of rotatable bonds is 3. The molecule has 0 N–H and O–H groups in total. The fourth-order valence-corrected chi connectivity index (χ4v) is 3.65. The van der Waals surface area contributed by atoms with Gasteiger partial charge in [-0.05, 0) is 32.1 Å². The molecule has 1 heterocycles. The summed E-state index contributed by atoms with van der Waals surface area (Å²) in [5, 5.41) is 10.5. The minimum Gasteiger partial charge on any atom is -0.250 e. The zero-order valence-electron chi connectivity index (χ0n) is 9.99. The van der Waals surface area contributed by atoms with Crippen LogP contribution in [0.3, 0.4) is 0 Å². The fraction of sp³-hybridized carbons (Fsp3) is 0.692. The zero-order valence-corrected chi connectivity index (χ0v) is 10.8. The van der Waals surface area contributed by atoms with Crippen LogP contribution in [-0.4, -0.2) is 4.98 Å². The van der Waals surface area contributed by atoms with Gasteiger partial charge in [-0.3, -0.25) is 0 Å². The molecule has 0 bridgehead atoms. The Balaban J connectivity index is 2.09. The highest BCUT2D eigenvalue weighted by atomic mass is 32.1. The highest BCUT2D eigenvalue weighted by Crippen LogP contribution is 2.45. The Morgan fingerprint density at radius 2 is 2.50 bits per heavy atom. The molecule has 2 unspecified atom stereocenters. The number of nitrogens with zero attached hydrogens (tertiary/aromatic N) is 2. The Kier molecular flexibility index (Phi) is 3.30. The van der Waals surface area contributed by atoms with E-state index in [9.17, 15) is 5.26 Å². The van der Waals surface area contributed by atoms with Crippen LogP contribution in [0.5, 0.6) is 0 Å². The highest BCUT2D eigenvalue weighted by molar-refractivity contribution is 7.11. The first-order chi connectivity index (χ1) is 7.67. The van der Waals surface area contributed by atoms with Gasteiger partial charge in [0.15, 0.2) is 0 Å². The minimum absolute atomic E-state index is 0.0976. The first-order valence-electron chi connectivity index (χ1n) is 6.00. The van der Waals surface area contributed by atoms with Gasteiger partial charge in [0, 0.05) is 17.5 Å². The molecular formula is C13H18N2S. The van der Waals surface area contributed by atoms with Crippen LogP contribution < -0.4 is 0 Å². The molecule has 1 aliphatic rings. The van der Waals surface area contributed by atoms with Crippen molar-refractivity contribution < 1.29 is 0 Å². The second-order valence-corrected chi connectivity index (χ2v) is 6.25. The summed E-state index contributed by atoms with van der Waals surface area (Å²) in [5.41, 5.74) is -0.0976. The summed E-state index contributed by atoms with van der Waals surface area (Å²) in [5.74, 6) is 0.758. The molecule has 16 heavy (non-hydrogen) atoms. The van der Waals surface area contributed by atoms with E-state index >= 15 is 0 Å². The SMILES string of the molecule is CCC1CCC(C#N)(Cc2cnc(C)s2)C1. The van der Waals surface area contributed by atoms with Crippen molar-refractivity contribution in [1.82, 2.24) is 4.98 Å². The summed E-state index contributed by atoms with van der Waals surface area (Å²) in [6.07, 6.45) is 7.44. The molecule has 2 atom stereocenters. The van der Waals surface area contributed by atoms with Crippen LogP contribution in [0, 0.1) is 29.6 Å². The standard InChI is InChI=1S/C13H18N2S/c1-3-11-4-5-13(6-11,9-14)7-12-8-15-10(2)16-12/h8,11H,3-7H2,1-2H3. The van der Waals surface area contributed by atoms with Crippen LogP contribution in [0.15, 0.2) is 6.20 Å². The van der Waals surface area contributed by atoms with E-state index in [1.54, 1.807) is 11.3 Å². The van der Waals surface area contributed by atoms with Crippen molar-refractivity contribution in [2.24, 2.45) is 11.3 Å². The third kappa shape index (κ3) is 2.27. The summed E-state index contributed by atoms with van der Waals surface area (Å²) >= 11 is 1.74. The molecule has 1 saturated carbocycles. The molecule has 0 saturated heterocycles. The molecular weight excluding hydrogens is 216 g/mol. The normalized spacial score (nSPS) is 29.2. The van der Waals surface area contributed by atoms with E-state index in [0.717, 1.165) is 30.2 Å². The molecule has 0 amide bonds. The zero-order chi connectivity index (χ0) is 11.6. The number of hydrogen-bond acceptors (Lipinski definition) is 3. The number of nitriles is 1. The van der Waals surface area contributed by atoms with Crippen molar-refractivity contribution in [3.63, 3.8) is 0 Å². The average molecular weight is 234 g/mol. The maximum atomic E-state index is 9.43. The van der Waals surface area contributed by atoms with Gasteiger partial charge in [0.2, 0.25) is 0 Å². The molecule has 2 rings (SSSR count). The summed E-state index contributed by atoms with van der Waals surface area (Å²) in [4.78, 5) is 5.55. The van der Waals surface area contributed by atoms with E-state index in [1.165, 1.54) is 17.7 Å². The Bertz CT molecular complexity index is 404. The van der Waals surface area contributed by atoms with Crippen LogP contribution in [0.2, 0.25) is 0 Å². The predicted octanol–water partition coefficient (Wildman–Crippen LogP) is 3.71. The first-order valence-corrected chi connectivity index (χ1v) is 6.81. The minimum atomic E-state index is -0.0976. The molecule has 0 aliphatic heterocycles. The Labute approximate surface area is 101 Å². The molecule has 0 aromatic carbocycles. The molecule has 3 heteroatoms. The average Bonchev–Trinajstić information content (AvgIpc) is 2.87. The van der Waals surface area contributed by atoms with Crippen molar-refractivity contribution in [2.45, 2.75) is 46.0 Å². The van der Waals surface area contributed by atoms with Gasteiger partial charge in [0.25, 0.3) is 0 Å². The third-order valence-corrected chi connectivity index (χ3v) is 4.62. The van der Waals surface area contributed by atoms with E-state index < -0.39 is 0 Å². The second-order valence-electron chi connectivity index (χ2n) is 4.93. The largest absolute Gasteiger partial charge is 0.250 e. The molecule has 0 radical (unpaired) electrons. The molecule has 86 valence electrons. The quantitative estimate of drug-likeness (QED) is 0.799. The lowest BCUT2D eigenvalue weighted by Gasteiger charge is -2.19.